The summed E-state index contributed by atoms with van der Waals surface area (Å²) < 4.78 is 0.146. The number of anilines is 1. The van der Waals surface area contributed by atoms with Gasteiger partial charge in [0.2, 0.25) is 0 Å². The van der Waals surface area contributed by atoms with Gasteiger partial charge in [-0.1, -0.05) is 46.2 Å². The maximum atomic E-state index is 12.3. The Morgan fingerprint density at radius 3 is 1.80 bits per heavy atom. The maximum absolute atomic E-state index is 12.3. The van der Waals surface area contributed by atoms with E-state index in [0.717, 1.165) is 4.90 Å². The van der Waals surface area contributed by atoms with Crippen molar-refractivity contribution in [1.29, 1.82) is 0 Å². The number of rotatable bonds is 1. The van der Waals surface area contributed by atoms with Gasteiger partial charge in [-0.05, 0) is 31.3 Å². The van der Waals surface area contributed by atoms with Gasteiger partial charge in [0.05, 0.1) is 11.1 Å². The van der Waals surface area contributed by atoms with Crippen LogP contribution in [0.4, 0.5) is 5.69 Å². The van der Waals surface area contributed by atoms with Crippen LogP contribution in [0.25, 0.3) is 0 Å². The van der Waals surface area contributed by atoms with Gasteiger partial charge in [-0.25, -0.2) is 4.90 Å². The molecule has 0 bridgehead atoms. The lowest BCUT2D eigenvalue weighted by molar-refractivity contribution is 0.0925. The van der Waals surface area contributed by atoms with Crippen molar-refractivity contribution in [2.75, 3.05) is 4.90 Å². The number of amides is 2. The smallest absolute Gasteiger partial charge is 0.276 e. The Kier molecular flexibility index (Phi) is 7.44. The second-order valence-electron chi connectivity index (χ2n) is 5.08. The summed E-state index contributed by atoms with van der Waals surface area (Å²) >= 11 is 4.85. The Hall–Kier alpha value is -2.54. The summed E-state index contributed by atoms with van der Waals surface area (Å²) in [7, 11) is 0. The number of nitrogens with one attached hydrogen (secondary N) is 2. The summed E-state index contributed by atoms with van der Waals surface area (Å²) in [4.78, 5) is 42.6. The van der Waals surface area contributed by atoms with E-state index >= 15 is 0 Å². The van der Waals surface area contributed by atoms with Crippen LogP contribution in [0, 0.1) is 11.7 Å². The summed E-state index contributed by atoms with van der Waals surface area (Å²) in [5.74, 6) is -1.02. The Labute approximate surface area is 151 Å². The van der Waals surface area contributed by atoms with E-state index in [1.165, 1.54) is 6.42 Å². The highest BCUT2D eigenvalue weighted by Gasteiger charge is 2.38. The molecule has 1 aromatic heterocycles. The lowest BCUT2D eigenvalue weighted by atomic mass is 10.1. The third-order valence-electron chi connectivity index (χ3n) is 3.12. The van der Waals surface area contributed by atoms with Crippen molar-refractivity contribution in [3.63, 3.8) is 0 Å². The number of carbonyl (C=O) groups is 2. The topological polar surface area (TPSA) is 86.0 Å². The summed E-state index contributed by atoms with van der Waals surface area (Å²) in [6, 6.07) is 6.46. The minimum atomic E-state index is -0.569. The van der Waals surface area contributed by atoms with Crippen LogP contribution < -0.4 is 10.5 Å². The first-order valence-electron chi connectivity index (χ1n) is 8.23. The zero-order chi connectivity index (χ0) is 19.1. The predicted molar refractivity (Wildman–Crippen MR) is 102 cm³/mol. The molecule has 0 saturated carbocycles. The number of carbonyl (C=O) groups excluding carboxylic acids is 2. The maximum Gasteiger partial charge on any atom is 0.276 e. The number of hydrogen-bond acceptors (Lipinski definition) is 4. The number of fused-ring (bicyclic) bond motifs is 1. The number of hydrogen-bond donors (Lipinski definition) is 2. The molecule has 134 valence electrons. The molecule has 0 saturated heterocycles. The fourth-order valence-corrected chi connectivity index (χ4v) is 2.50. The minimum absolute atomic E-state index is 0.0233. The Morgan fingerprint density at radius 1 is 0.960 bits per heavy atom. The van der Waals surface area contributed by atoms with Crippen LogP contribution in [-0.2, 0) is 0 Å². The normalized spacial score (nSPS) is 12.0. The number of H-pyrrole nitrogens is 2. The standard InChI is InChI=1S/C13H9N3O3S.C3H8.C2H6/c1-6-9(10(17)15-13(20)14-6)16-11(18)7-4-2-3-5-8(7)12(16)19;1-3-2;1-2/h2-5H,1H3,(H2,14,15,17,20);3H2,1-2H3;1-2H3. The van der Waals surface area contributed by atoms with Crippen molar-refractivity contribution in [3.8, 4) is 0 Å². The molecule has 1 aliphatic heterocycles. The molecule has 0 spiro atoms. The van der Waals surface area contributed by atoms with E-state index in [9.17, 15) is 14.4 Å². The molecule has 2 amide bonds. The van der Waals surface area contributed by atoms with Crippen molar-refractivity contribution in [2.45, 2.75) is 41.0 Å². The van der Waals surface area contributed by atoms with Gasteiger partial charge in [-0.3, -0.25) is 19.4 Å². The Morgan fingerprint density at radius 2 is 1.40 bits per heavy atom. The van der Waals surface area contributed by atoms with E-state index < -0.39 is 17.4 Å². The van der Waals surface area contributed by atoms with E-state index in [2.05, 4.69) is 23.8 Å². The summed E-state index contributed by atoms with van der Waals surface area (Å²) in [6.07, 6.45) is 1.25. The van der Waals surface area contributed by atoms with Crippen molar-refractivity contribution in [1.82, 2.24) is 9.97 Å². The molecular weight excluding hydrogens is 338 g/mol. The lowest BCUT2D eigenvalue weighted by Gasteiger charge is -2.14. The van der Waals surface area contributed by atoms with Crippen molar-refractivity contribution < 1.29 is 9.59 Å². The number of imide groups is 1. The highest BCUT2D eigenvalue weighted by molar-refractivity contribution is 7.71. The summed E-state index contributed by atoms with van der Waals surface area (Å²) in [5, 5.41) is 0. The molecule has 1 aliphatic rings. The monoisotopic (exact) mass is 361 g/mol. The van der Waals surface area contributed by atoms with Gasteiger partial charge in [0, 0.05) is 5.69 Å². The van der Waals surface area contributed by atoms with Gasteiger partial charge < -0.3 is 4.98 Å². The van der Waals surface area contributed by atoms with Crippen LogP contribution in [0.2, 0.25) is 0 Å². The van der Waals surface area contributed by atoms with Crippen LogP contribution in [0.5, 0.6) is 0 Å². The number of aromatic amines is 2. The number of benzene rings is 1. The second-order valence-corrected chi connectivity index (χ2v) is 5.49. The van der Waals surface area contributed by atoms with Crippen LogP contribution in [0.3, 0.4) is 0 Å². The molecule has 2 N–H and O–H groups in total. The highest BCUT2D eigenvalue weighted by Crippen LogP contribution is 2.27. The summed E-state index contributed by atoms with van der Waals surface area (Å²) in [6.45, 7) is 9.84. The Balaban J connectivity index is 0.000000567. The molecule has 3 rings (SSSR count). The molecule has 25 heavy (non-hydrogen) atoms. The molecular formula is C18H23N3O3S. The van der Waals surface area contributed by atoms with Crippen molar-refractivity contribution in [3.05, 3.63) is 56.2 Å². The molecule has 2 aromatic rings. The Bertz CT molecular complexity index is 849. The van der Waals surface area contributed by atoms with Crippen molar-refractivity contribution >= 4 is 29.7 Å². The first-order valence-corrected chi connectivity index (χ1v) is 8.64. The first-order chi connectivity index (χ1) is 11.9. The second kappa shape index (κ2) is 9.08. The molecule has 2 heterocycles. The van der Waals surface area contributed by atoms with E-state index in [4.69, 9.17) is 12.2 Å². The molecule has 1 aromatic carbocycles. The summed E-state index contributed by atoms with van der Waals surface area (Å²) in [5.41, 5.74) is 0.358. The van der Waals surface area contributed by atoms with E-state index in [0.29, 0.717) is 16.8 Å². The fraction of sp³-hybridized carbons (Fsp3) is 0.333. The first kappa shape index (κ1) is 20.5. The van der Waals surface area contributed by atoms with Gasteiger partial charge in [-0.15, -0.1) is 0 Å². The average Bonchev–Trinajstić information content (AvgIpc) is 2.82. The zero-order valence-electron chi connectivity index (χ0n) is 15.1. The van der Waals surface area contributed by atoms with Crippen LogP contribution in [-0.4, -0.2) is 21.8 Å². The largest absolute Gasteiger partial charge is 0.334 e. The van der Waals surface area contributed by atoms with Crippen LogP contribution in [0.15, 0.2) is 29.1 Å². The molecule has 0 fully saturated rings. The lowest BCUT2D eigenvalue weighted by Crippen LogP contribution is -2.35. The molecule has 0 radical (unpaired) electrons. The molecule has 6 nitrogen and oxygen atoms in total. The van der Waals surface area contributed by atoms with Crippen LogP contribution in [0.1, 0.15) is 60.5 Å². The number of aryl methyl sites for hydroxylation is 1. The number of nitrogens with zero attached hydrogens (tertiary/aromatic N) is 1. The van der Waals surface area contributed by atoms with Gasteiger partial charge in [0.15, 0.2) is 4.77 Å². The number of aromatic nitrogens is 2. The van der Waals surface area contributed by atoms with Gasteiger partial charge in [-0.2, -0.15) is 0 Å². The SMILES string of the molecule is CC.CCC.Cc1[nH]c(=S)[nH]c(=O)c1N1C(=O)c2ccccc2C1=O. The van der Waals surface area contributed by atoms with Gasteiger partial charge in [0.25, 0.3) is 17.4 Å². The van der Waals surface area contributed by atoms with E-state index in [1.54, 1.807) is 31.2 Å². The molecule has 0 atom stereocenters. The van der Waals surface area contributed by atoms with Gasteiger partial charge >= 0.3 is 0 Å². The van der Waals surface area contributed by atoms with Gasteiger partial charge in [0.1, 0.15) is 5.69 Å². The van der Waals surface area contributed by atoms with E-state index in [-0.39, 0.29) is 10.5 Å². The third kappa shape index (κ3) is 4.11. The zero-order valence-corrected chi connectivity index (χ0v) is 15.9. The van der Waals surface area contributed by atoms with E-state index in [1.807, 2.05) is 13.8 Å². The minimum Gasteiger partial charge on any atom is -0.334 e. The highest BCUT2D eigenvalue weighted by atomic mass is 32.1. The third-order valence-corrected chi connectivity index (χ3v) is 3.32. The molecule has 0 unspecified atom stereocenters. The molecule has 0 aliphatic carbocycles. The fourth-order valence-electron chi connectivity index (χ4n) is 2.25. The molecule has 7 heteroatoms. The van der Waals surface area contributed by atoms with Crippen LogP contribution >= 0.6 is 12.2 Å². The quantitative estimate of drug-likeness (QED) is 0.594. The van der Waals surface area contributed by atoms with Crippen molar-refractivity contribution in [2.24, 2.45) is 0 Å². The predicted octanol–water partition coefficient (Wildman–Crippen LogP) is 3.98. The average molecular weight is 361 g/mol.